The molecule has 0 aromatic carbocycles. The molecule has 1 saturated heterocycles. The van der Waals surface area contributed by atoms with Gasteiger partial charge in [0.1, 0.15) is 5.60 Å². The van der Waals surface area contributed by atoms with Gasteiger partial charge in [0.2, 0.25) is 0 Å². The second-order valence-corrected chi connectivity index (χ2v) is 10.5. The van der Waals surface area contributed by atoms with E-state index in [1.54, 1.807) is 0 Å². The summed E-state index contributed by atoms with van der Waals surface area (Å²) in [6, 6.07) is 0. The van der Waals surface area contributed by atoms with Crippen molar-refractivity contribution in [2.24, 2.45) is 34.5 Å². The Morgan fingerprint density at radius 1 is 0.923 bits per heavy atom. The van der Waals surface area contributed by atoms with Crippen LogP contribution in [0.15, 0.2) is 0 Å². The first-order valence-corrected chi connectivity index (χ1v) is 10.8. The summed E-state index contributed by atoms with van der Waals surface area (Å²) in [5, 5.41) is 10.7. The molecule has 144 valence electrons. The summed E-state index contributed by atoms with van der Waals surface area (Å²) in [7, 11) is 0. The molecule has 0 bridgehead atoms. The molecule has 1 heterocycles. The molecule has 5 unspecified atom stereocenters. The fraction of sp³-hybridized carbons (Fsp3) is 0.913. The predicted molar refractivity (Wildman–Crippen MR) is 100 cm³/mol. The van der Waals surface area contributed by atoms with Gasteiger partial charge in [0.15, 0.2) is 5.79 Å². The molecule has 0 amide bonds. The number of fused-ring (bicyclic) bond motifs is 6. The van der Waals surface area contributed by atoms with E-state index in [-0.39, 0.29) is 11.2 Å². The van der Waals surface area contributed by atoms with E-state index in [9.17, 15) is 5.11 Å². The fourth-order valence-corrected chi connectivity index (χ4v) is 8.26. The molecule has 5 aliphatic rings. The maximum absolute atomic E-state index is 10.7. The second kappa shape index (κ2) is 5.49. The summed E-state index contributed by atoms with van der Waals surface area (Å²) >= 11 is 0. The van der Waals surface area contributed by atoms with Crippen LogP contribution in [0, 0.1) is 46.8 Å². The summed E-state index contributed by atoms with van der Waals surface area (Å²) in [5.74, 6) is 5.28. The van der Waals surface area contributed by atoms with Crippen LogP contribution in [-0.4, -0.2) is 29.7 Å². The minimum atomic E-state index is -0.858. The van der Waals surface area contributed by atoms with Crippen molar-refractivity contribution in [3.8, 4) is 12.3 Å². The van der Waals surface area contributed by atoms with Crippen molar-refractivity contribution in [3.05, 3.63) is 0 Å². The van der Waals surface area contributed by atoms with Gasteiger partial charge < -0.3 is 14.6 Å². The average molecular weight is 359 g/mol. The topological polar surface area (TPSA) is 38.7 Å². The third-order valence-electron chi connectivity index (χ3n) is 9.79. The predicted octanol–water partition coefficient (Wildman–Crippen LogP) is 4.14. The highest BCUT2D eigenvalue weighted by Gasteiger charge is 2.67. The van der Waals surface area contributed by atoms with Crippen LogP contribution >= 0.6 is 0 Å². The van der Waals surface area contributed by atoms with Gasteiger partial charge in [0, 0.05) is 11.8 Å². The lowest BCUT2D eigenvalue weighted by Gasteiger charge is -2.62. The van der Waals surface area contributed by atoms with Crippen LogP contribution < -0.4 is 0 Å². The van der Waals surface area contributed by atoms with E-state index < -0.39 is 5.60 Å². The zero-order valence-corrected chi connectivity index (χ0v) is 16.4. The van der Waals surface area contributed by atoms with Crippen molar-refractivity contribution < 1.29 is 14.6 Å². The van der Waals surface area contributed by atoms with Crippen LogP contribution in [0.1, 0.15) is 71.6 Å². The highest BCUT2D eigenvalue weighted by molar-refractivity contribution is 5.17. The maximum Gasteiger partial charge on any atom is 0.174 e. The smallest absolute Gasteiger partial charge is 0.174 e. The summed E-state index contributed by atoms with van der Waals surface area (Å²) in [5.41, 5.74) is -0.328. The summed E-state index contributed by atoms with van der Waals surface area (Å²) < 4.78 is 12.5. The van der Waals surface area contributed by atoms with E-state index in [2.05, 4.69) is 19.8 Å². The minimum absolute atomic E-state index is 0.183. The second-order valence-electron chi connectivity index (χ2n) is 10.5. The van der Waals surface area contributed by atoms with Crippen molar-refractivity contribution in [3.63, 3.8) is 0 Å². The number of terminal acetylenes is 1. The zero-order chi connectivity index (χ0) is 18.2. The Hall–Kier alpha value is -0.560. The maximum atomic E-state index is 10.7. The molecule has 0 aromatic rings. The molecule has 5 fully saturated rings. The first-order chi connectivity index (χ1) is 12.4. The summed E-state index contributed by atoms with van der Waals surface area (Å²) in [6.07, 6.45) is 15.7. The Morgan fingerprint density at radius 2 is 1.65 bits per heavy atom. The SMILES string of the molecule is C#CC1(O)CC[C@@]2(C)C(CCC3C2CC[C@@]2(C)C3CCC23OCCO3)C1. The van der Waals surface area contributed by atoms with Gasteiger partial charge in [-0.15, -0.1) is 6.42 Å². The molecule has 1 aliphatic heterocycles. The van der Waals surface area contributed by atoms with Gasteiger partial charge in [-0.1, -0.05) is 19.8 Å². The molecular formula is C23H34O3. The Labute approximate surface area is 158 Å². The zero-order valence-electron chi connectivity index (χ0n) is 16.4. The molecule has 4 saturated carbocycles. The number of rotatable bonds is 0. The molecule has 3 heteroatoms. The quantitative estimate of drug-likeness (QED) is 0.662. The van der Waals surface area contributed by atoms with Crippen molar-refractivity contribution in [2.75, 3.05) is 13.2 Å². The van der Waals surface area contributed by atoms with E-state index in [4.69, 9.17) is 15.9 Å². The Balaban J connectivity index is 1.43. The molecule has 4 aliphatic carbocycles. The van der Waals surface area contributed by atoms with E-state index in [0.717, 1.165) is 56.7 Å². The van der Waals surface area contributed by atoms with E-state index >= 15 is 0 Å². The Kier molecular flexibility index (Phi) is 3.70. The van der Waals surface area contributed by atoms with Crippen LogP contribution in [-0.2, 0) is 9.47 Å². The molecule has 7 atom stereocenters. The number of hydrogen-bond donors (Lipinski definition) is 1. The van der Waals surface area contributed by atoms with Gasteiger partial charge in [-0.25, -0.2) is 0 Å². The van der Waals surface area contributed by atoms with Crippen LogP contribution in [0.2, 0.25) is 0 Å². The normalized spacial score (nSPS) is 55.0. The molecule has 26 heavy (non-hydrogen) atoms. The third-order valence-corrected chi connectivity index (χ3v) is 9.79. The molecule has 0 aromatic heterocycles. The number of ether oxygens (including phenoxy) is 2. The monoisotopic (exact) mass is 358 g/mol. The van der Waals surface area contributed by atoms with Gasteiger partial charge in [-0.05, 0) is 80.5 Å². The Morgan fingerprint density at radius 3 is 2.38 bits per heavy atom. The van der Waals surface area contributed by atoms with Crippen LogP contribution in [0.3, 0.4) is 0 Å². The van der Waals surface area contributed by atoms with Crippen molar-refractivity contribution in [1.82, 2.24) is 0 Å². The van der Waals surface area contributed by atoms with Crippen LogP contribution in [0.4, 0.5) is 0 Å². The first kappa shape index (κ1) is 17.5. The first-order valence-electron chi connectivity index (χ1n) is 10.8. The van der Waals surface area contributed by atoms with E-state index in [1.165, 1.54) is 32.1 Å². The number of hydrogen-bond acceptors (Lipinski definition) is 3. The van der Waals surface area contributed by atoms with Crippen LogP contribution in [0.5, 0.6) is 0 Å². The largest absolute Gasteiger partial charge is 0.378 e. The molecular weight excluding hydrogens is 324 g/mol. The van der Waals surface area contributed by atoms with Gasteiger partial charge in [0.25, 0.3) is 0 Å². The van der Waals surface area contributed by atoms with Gasteiger partial charge in [-0.3, -0.25) is 0 Å². The molecule has 5 rings (SSSR count). The van der Waals surface area contributed by atoms with Crippen molar-refractivity contribution in [2.45, 2.75) is 83.0 Å². The van der Waals surface area contributed by atoms with Gasteiger partial charge >= 0.3 is 0 Å². The lowest BCUT2D eigenvalue weighted by atomic mass is 9.44. The third kappa shape index (κ3) is 2.07. The molecule has 0 radical (unpaired) electrons. The van der Waals surface area contributed by atoms with Gasteiger partial charge in [0.05, 0.1) is 13.2 Å². The molecule has 1 spiro atoms. The van der Waals surface area contributed by atoms with Crippen molar-refractivity contribution >= 4 is 0 Å². The molecule has 3 nitrogen and oxygen atoms in total. The van der Waals surface area contributed by atoms with E-state index in [0.29, 0.717) is 11.3 Å². The highest BCUT2D eigenvalue weighted by atomic mass is 16.7. The highest BCUT2D eigenvalue weighted by Crippen LogP contribution is 2.69. The van der Waals surface area contributed by atoms with Crippen molar-refractivity contribution in [1.29, 1.82) is 0 Å². The number of aliphatic hydroxyl groups is 1. The summed E-state index contributed by atoms with van der Waals surface area (Å²) in [6.45, 7) is 6.50. The Bertz CT molecular complexity index is 632. The lowest BCUT2D eigenvalue weighted by Crippen LogP contribution is -2.58. The molecule has 1 N–H and O–H groups in total. The fourth-order valence-electron chi connectivity index (χ4n) is 8.26. The summed E-state index contributed by atoms with van der Waals surface area (Å²) in [4.78, 5) is 0. The minimum Gasteiger partial charge on any atom is -0.378 e. The van der Waals surface area contributed by atoms with Crippen LogP contribution in [0.25, 0.3) is 0 Å². The standard InChI is InChI=1S/C23H34O3/c1-4-22(24)12-11-20(2)16(15-22)5-6-17-18(20)7-9-21(3)19(17)8-10-23(21)25-13-14-26-23/h1,16-19,24H,5-15H2,2-3H3/t16?,17?,18?,19?,20-,21-,22?/m0/s1. The van der Waals surface area contributed by atoms with Gasteiger partial charge in [-0.2, -0.15) is 0 Å². The lowest BCUT2D eigenvalue weighted by molar-refractivity contribution is -0.248. The van der Waals surface area contributed by atoms with E-state index in [1.807, 2.05) is 0 Å². The average Bonchev–Trinajstić information content (AvgIpc) is 3.22.